The molecule has 154 valence electrons. The summed E-state index contributed by atoms with van der Waals surface area (Å²) in [4.78, 5) is 13.6. The molecule has 1 saturated carbocycles. The summed E-state index contributed by atoms with van der Waals surface area (Å²) in [6.45, 7) is 12.9. The van der Waals surface area contributed by atoms with Gasteiger partial charge in [-0.15, -0.1) is 0 Å². The third-order valence-corrected chi connectivity index (χ3v) is 5.23. The van der Waals surface area contributed by atoms with Crippen molar-refractivity contribution in [3.05, 3.63) is 35.3 Å². The van der Waals surface area contributed by atoms with Crippen LogP contribution in [0, 0.1) is 0 Å². The molecule has 1 aliphatic carbocycles. The van der Waals surface area contributed by atoms with Crippen LogP contribution < -0.4 is 16.4 Å². The van der Waals surface area contributed by atoms with Gasteiger partial charge in [-0.05, 0) is 58.2 Å². The van der Waals surface area contributed by atoms with Gasteiger partial charge >= 0.3 is 0 Å². The number of nitrogens with one attached hydrogen (secondary N) is 2. The van der Waals surface area contributed by atoms with Gasteiger partial charge in [-0.2, -0.15) is 0 Å². The largest absolute Gasteiger partial charge is 0.400 e. The van der Waals surface area contributed by atoms with Crippen LogP contribution in [0.2, 0.25) is 0 Å². The molecule has 2 rings (SSSR count). The third kappa shape index (κ3) is 6.66. The molecule has 0 aromatic carbocycles. The fourth-order valence-electron chi connectivity index (χ4n) is 3.69. The van der Waals surface area contributed by atoms with Crippen molar-refractivity contribution in [3.63, 3.8) is 0 Å². The first-order valence-electron chi connectivity index (χ1n) is 10.4. The molecule has 28 heavy (non-hydrogen) atoms. The Morgan fingerprint density at radius 1 is 1.14 bits per heavy atom. The fourth-order valence-corrected chi connectivity index (χ4v) is 3.69. The second kappa shape index (κ2) is 11.5. The molecule has 0 spiro atoms. The summed E-state index contributed by atoms with van der Waals surface area (Å²) in [7, 11) is 0. The Morgan fingerprint density at radius 2 is 1.89 bits per heavy atom. The molecule has 0 bridgehead atoms. The summed E-state index contributed by atoms with van der Waals surface area (Å²) < 4.78 is 0. The molecular weight excluding hydrogens is 348 g/mol. The van der Waals surface area contributed by atoms with E-state index in [9.17, 15) is 0 Å². The maximum Gasteiger partial charge on any atom is 0.132 e. The second-order valence-corrected chi connectivity index (χ2v) is 7.64. The SMILES string of the molecule is C=N/C=C(/C(=C)C)C1=NCNC(C(C)=NC2CCCCC2)=C(N)CCCCN1. The lowest BCUT2D eigenvalue weighted by Gasteiger charge is -2.20. The fraction of sp³-hybridized carbons (Fsp3) is 0.591. The van der Waals surface area contributed by atoms with Gasteiger partial charge in [0.15, 0.2) is 0 Å². The summed E-state index contributed by atoms with van der Waals surface area (Å²) in [5.41, 5.74) is 11.0. The number of hydrogen-bond donors (Lipinski definition) is 3. The van der Waals surface area contributed by atoms with E-state index in [4.69, 9.17) is 15.7 Å². The van der Waals surface area contributed by atoms with Crippen molar-refractivity contribution in [2.75, 3.05) is 13.2 Å². The van der Waals surface area contributed by atoms with E-state index in [-0.39, 0.29) is 0 Å². The summed E-state index contributed by atoms with van der Waals surface area (Å²) in [5, 5.41) is 6.83. The van der Waals surface area contributed by atoms with Crippen LogP contribution in [0.3, 0.4) is 0 Å². The molecule has 0 aromatic rings. The monoisotopic (exact) mass is 384 g/mol. The van der Waals surface area contributed by atoms with Crippen LogP contribution >= 0.6 is 0 Å². The van der Waals surface area contributed by atoms with Crippen molar-refractivity contribution >= 4 is 18.3 Å². The quantitative estimate of drug-likeness (QED) is 0.497. The number of amidine groups is 1. The van der Waals surface area contributed by atoms with Crippen LogP contribution in [-0.2, 0) is 0 Å². The molecule has 0 unspecified atom stereocenters. The van der Waals surface area contributed by atoms with Gasteiger partial charge in [0.05, 0.1) is 17.5 Å². The van der Waals surface area contributed by atoms with Gasteiger partial charge in [0.2, 0.25) is 0 Å². The van der Waals surface area contributed by atoms with E-state index in [1.165, 1.54) is 32.1 Å². The van der Waals surface area contributed by atoms with E-state index in [1.54, 1.807) is 6.20 Å². The van der Waals surface area contributed by atoms with Crippen LogP contribution in [0.5, 0.6) is 0 Å². The Bertz CT molecular complexity index is 677. The molecule has 0 amide bonds. The standard InChI is InChI=1S/C22H36N6/c1-16(2)19(14-24-4)22-25-13-9-8-12-20(23)21(26-15-27-22)17(3)28-18-10-6-5-7-11-18/h14,18,26H,1,4-13,15,23H2,2-3H3,(H,25,27)/b19-14-,21-20?,28-17?. The maximum atomic E-state index is 6.43. The molecule has 0 saturated heterocycles. The van der Waals surface area contributed by atoms with Gasteiger partial charge in [0, 0.05) is 24.0 Å². The Kier molecular flexibility index (Phi) is 8.98. The average molecular weight is 385 g/mol. The van der Waals surface area contributed by atoms with Gasteiger partial charge < -0.3 is 16.4 Å². The Morgan fingerprint density at radius 3 is 2.57 bits per heavy atom. The molecule has 1 heterocycles. The van der Waals surface area contributed by atoms with Crippen molar-refractivity contribution in [1.29, 1.82) is 0 Å². The topological polar surface area (TPSA) is 87.2 Å². The van der Waals surface area contributed by atoms with Crippen LogP contribution in [0.4, 0.5) is 0 Å². The van der Waals surface area contributed by atoms with E-state index in [1.807, 2.05) is 6.92 Å². The molecule has 4 N–H and O–H groups in total. The third-order valence-electron chi connectivity index (χ3n) is 5.23. The number of allylic oxidation sites excluding steroid dienone is 2. The molecule has 1 fully saturated rings. The lowest BCUT2D eigenvalue weighted by molar-refractivity contribution is 0.443. The molecular formula is C22H36N6. The molecule has 6 nitrogen and oxygen atoms in total. The van der Waals surface area contributed by atoms with Gasteiger partial charge in [0.25, 0.3) is 0 Å². The van der Waals surface area contributed by atoms with Gasteiger partial charge in [-0.25, -0.2) is 4.99 Å². The summed E-state index contributed by atoms with van der Waals surface area (Å²) >= 11 is 0. The van der Waals surface area contributed by atoms with Crippen molar-refractivity contribution in [3.8, 4) is 0 Å². The minimum atomic E-state index is 0.414. The Hall–Kier alpha value is -2.37. The van der Waals surface area contributed by atoms with E-state index in [0.29, 0.717) is 12.7 Å². The minimum Gasteiger partial charge on any atom is -0.400 e. The highest BCUT2D eigenvalue weighted by atomic mass is 15.1. The van der Waals surface area contributed by atoms with Crippen LogP contribution in [0.15, 0.2) is 50.3 Å². The first-order chi connectivity index (χ1) is 13.5. The van der Waals surface area contributed by atoms with Gasteiger partial charge in [-0.3, -0.25) is 9.98 Å². The normalized spacial score (nSPS) is 21.1. The van der Waals surface area contributed by atoms with Gasteiger partial charge in [-0.1, -0.05) is 25.8 Å². The molecule has 0 atom stereocenters. The van der Waals surface area contributed by atoms with Crippen molar-refractivity contribution in [2.45, 2.75) is 71.3 Å². The Balaban J connectivity index is 2.22. The zero-order valence-corrected chi connectivity index (χ0v) is 17.6. The predicted octanol–water partition coefficient (Wildman–Crippen LogP) is 3.83. The van der Waals surface area contributed by atoms with E-state index >= 15 is 0 Å². The second-order valence-electron chi connectivity index (χ2n) is 7.64. The lowest BCUT2D eigenvalue weighted by Crippen LogP contribution is -2.29. The molecule has 0 aromatic heterocycles. The maximum absolute atomic E-state index is 6.43. The minimum absolute atomic E-state index is 0.414. The number of rotatable bonds is 5. The van der Waals surface area contributed by atoms with E-state index < -0.39 is 0 Å². The predicted molar refractivity (Wildman–Crippen MR) is 121 cm³/mol. The van der Waals surface area contributed by atoms with Crippen molar-refractivity contribution in [1.82, 2.24) is 10.6 Å². The number of nitrogens with two attached hydrogens (primary N) is 1. The highest BCUT2D eigenvalue weighted by Gasteiger charge is 2.15. The molecule has 6 heteroatoms. The number of hydrogen-bond acceptors (Lipinski definition) is 6. The average Bonchev–Trinajstić information content (AvgIpc) is 2.71. The van der Waals surface area contributed by atoms with Crippen molar-refractivity contribution in [2.24, 2.45) is 20.7 Å². The molecule has 1 aliphatic heterocycles. The Labute approximate surface area is 169 Å². The highest BCUT2D eigenvalue weighted by Crippen LogP contribution is 2.21. The van der Waals surface area contributed by atoms with Gasteiger partial charge in [0.1, 0.15) is 12.5 Å². The number of nitrogens with zero attached hydrogens (tertiary/aromatic N) is 3. The summed E-state index contributed by atoms with van der Waals surface area (Å²) in [6.07, 6.45) is 10.8. The summed E-state index contributed by atoms with van der Waals surface area (Å²) in [5.74, 6) is 0.786. The smallest absolute Gasteiger partial charge is 0.132 e. The zero-order valence-electron chi connectivity index (χ0n) is 17.6. The first kappa shape index (κ1) is 21.9. The summed E-state index contributed by atoms with van der Waals surface area (Å²) in [6, 6.07) is 0.423. The van der Waals surface area contributed by atoms with Crippen LogP contribution in [0.1, 0.15) is 65.2 Å². The van der Waals surface area contributed by atoms with E-state index in [2.05, 4.69) is 35.8 Å². The molecule has 2 aliphatic rings. The highest BCUT2D eigenvalue weighted by molar-refractivity contribution is 6.02. The first-order valence-corrected chi connectivity index (χ1v) is 10.4. The van der Waals surface area contributed by atoms with Crippen molar-refractivity contribution < 1.29 is 0 Å². The lowest BCUT2D eigenvalue weighted by atomic mass is 9.96. The number of aliphatic imine (C=N–C) groups is 3. The zero-order chi connectivity index (χ0) is 20.4. The molecule has 0 radical (unpaired) electrons. The van der Waals surface area contributed by atoms with Crippen LogP contribution in [0.25, 0.3) is 0 Å². The van der Waals surface area contributed by atoms with E-state index in [0.717, 1.165) is 59.9 Å². The van der Waals surface area contributed by atoms with Crippen LogP contribution in [-0.4, -0.2) is 37.5 Å².